The van der Waals surface area contributed by atoms with Crippen molar-refractivity contribution in [2.24, 2.45) is 0 Å². The average molecular weight is 368 g/mol. The van der Waals surface area contributed by atoms with Crippen molar-refractivity contribution >= 4 is 34.7 Å². The first-order valence-electron chi connectivity index (χ1n) is 8.03. The van der Waals surface area contributed by atoms with E-state index in [1.165, 1.54) is 11.3 Å². The number of para-hydroxylation sites is 1. The summed E-state index contributed by atoms with van der Waals surface area (Å²) < 4.78 is 0. The molecule has 25 heavy (non-hydrogen) atoms. The Hall–Kier alpha value is -2.25. The quantitative estimate of drug-likeness (QED) is 0.681. The first kappa shape index (κ1) is 16.2. The number of carbonyl (C=O) groups is 1. The van der Waals surface area contributed by atoms with Gasteiger partial charge in [-0.2, -0.15) is 0 Å². The molecule has 1 aliphatic rings. The second-order valence-corrected chi connectivity index (χ2v) is 8.09. The van der Waals surface area contributed by atoms with Crippen LogP contribution in [0.25, 0.3) is 10.8 Å². The highest BCUT2D eigenvalue weighted by Gasteiger charge is 2.26. The van der Waals surface area contributed by atoms with Crippen LogP contribution in [0.5, 0.6) is 0 Å². The molecule has 0 aliphatic carbocycles. The zero-order chi connectivity index (χ0) is 17.2. The Morgan fingerprint density at radius 2 is 2.00 bits per heavy atom. The molecule has 3 heterocycles. The van der Waals surface area contributed by atoms with E-state index in [0.29, 0.717) is 28.3 Å². The summed E-state index contributed by atoms with van der Waals surface area (Å²) in [6.45, 7) is 2.89. The molecular weight excluding hydrogens is 352 g/mol. The zero-order valence-corrected chi connectivity index (χ0v) is 15.3. The summed E-state index contributed by atoms with van der Waals surface area (Å²) in [5.41, 5.74) is 1.41. The highest BCUT2D eigenvalue weighted by molar-refractivity contribution is 8.00. The molecule has 126 valence electrons. The molecule has 1 aliphatic heterocycles. The number of anilines is 1. The van der Waals surface area contributed by atoms with Gasteiger partial charge in [-0.05, 0) is 24.6 Å². The van der Waals surface area contributed by atoms with E-state index in [9.17, 15) is 4.79 Å². The number of carbonyl (C=O) groups excluding carboxylic acids is 1. The second kappa shape index (κ2) is 6.93. The zero-order valence-electron chi connectivity index (χ0n) is 13.6. The van der Waals surface area contributed by atoms with Gasteiger partial charge in [0, 0.05) is 34.5 Å². The van der Waals surface area contributed by atoms with Crippen LogP contribution in [0.15, 0.2) is 53.0 Å². The predicted octanol–water partition coefficient (Wildman–Crippen LogP) is 4.13. The predicted molar refractivity (Wildman–Crippen MR) is 101 cm³/mol. The summed E-state index contributed by atoms with van der Waals surface area (Å²) in [5, 5.41) is 2.93. The third-order valence-electron chi connectivity index (χ3n) is 3.97. The third-order valence-corrected chi connectivity index (χ3v) is 6.04. The molecule has 0 saturated heterocycles. The van der Waals surface area contributed by atoms with E-state index in [-0.39, 0.29) is 5.91 Å². The normalized spacial score (nSPS) is 17.0. The van der Waals surface area contributed by atoms with Gasteiger partial charge in [0.1, 0.15) is 5.69 Å². The lowest BCUT2D eigenvalue weighted by molar-refractivity contribution is 0.0982. The first-order chi connectivity index (χ1) is 12.2. The Morgan fingerprint density at radius 1 is 1.20 bits per heavy atom. The van der Waals surface area contributed by atoms with Crippen molar-refractivity contribution in [1.29, 1.82) is 0 Å². The Balaban J connectivity index is 1.66. The van der Waals surface area contributed by atoms with Crippen molar-refractivity contribution in [2.45, 2.75) is 23.5 Å². The minimum atomic E-state index is -0.0689. The Kier molecular flexibility index (Phi) is 4.50. The Labute approximate surface area is 154 Å². The number of hydrogen-bond donors (Lipinski definition) is 0. The average Bonchev–Trinajstić information content (AvgIpc) is 3.07. The fourth-order valence-corrected chi connectivity index (χ4v) is 4.57. The number of hydrogen-bond acceptors (Lipinski definition) is 6. The SMILES string of the molecule is C[C@@H]1CCN(C(=O)c2csc(-c3ncccn3)n2)c2ccccc2S1. The van der Waals surface area contributed by atoms with Crippen LogP contribution in [0.3, 0.4) is 0 Å². The monoisotopic (exact) mass is 368 g/mol. The number of thioether (sulfide) groups is 1. The Morgan fingerprint density at radius 3 is 2.84 bits per heavy atom. The smallest absolute Gasteiger partial charge is 0.277 e. The van der Waals surface area contributed by atoms with Gasteiger partial charge in [0.2, 0.25) is 0 Å². The molecule has 5 nitrogen and oxygen atoms in total. The number of fused-ring (bicyclic) bond motifs is 1. The number of thiazole rings is 1. The van der Waals surface area contributed by atoms with Gasteiger partial charge in [0.15, 0.2) is 10.8 Å². The van der Waals surface area contributed by atoms with Crippen molar-refractivity contribution in [3.63, 3.8) is 0 Å². The van der Waals surface area contributed by atoms with Gasteiger partial charge in [-0.1, -0.05) is 19.1 Å². The standard InChI is InChI=1S/C18H16N4OS2/c1-12-7-10-22(14-5-2-3-6-15(14)25-12)18(23)13-11-24-17(21-13)16-19-8-4-9-20-16/h2-6,8-9,11-12H,7,10H2,1H3/t12-/m1/s1. The number of amides is 1. The van der Waals surface area contributed by atoms with Crippen LogP contribution in [-0.2, 0) is 0 Å². The molecule has 0 N–H and O–H groups in total. The van der Waals surface area contributed by atoms with E-state index < -0.39 is 0 Å². The maximum absolute atomic E-state index is 13.1. The highest BCUT2D eigenvalue weighted by atomic mass is 32.2. The maximum atomic E-state index is 13.1. The van der Waals surface area contributed by atoms with Crippen molar-refractivity contribution in [3.8, 4) is 10.8 Å². The largest absolute Gasteiger partial charge is 0.306 e. The molecule has 0 radical (unpaired) electrons. The van der Waals surface area contributed by atoms with Gasteiger partial charge < -0.3 is 4.90 Å². The van der Waals surface area contributed by atoms with Crippen LogP contribution in [-0.4, -0.2) is 32.7 Å². The van der Waals surface area contributed by atoms with Gasteiger partial charge in [-0.3, -0.25) is 4.79 Å². The molecule has 1 aromatic carbocycles. The van der Waals surface area contributed by atoms with Crippen LogP contribution >= 0.6 is 23.1 Å². The summed E-state index contributed by atoms with van der Waals surface area (Å²) in [4.78, 5) is 29.0. The summed E-state index contributed by atoms with van der Waals surface area (Å²) in [5.74, 6) is 0.479. The van der Waals surface area contributed by atoms with Gasteiger partial charge in [-0.25, -0.2) is 15.0 Å². The van der Waals surface area contributed by atoms with Crippen LogP contribution in [0.1, 0.15) is 23.8 Å². The molecule has 7 heteroatoms. The minimum Gasteiger partial charge on any atom is -0.306 e. The third kappa shape index (κ3) is 3.29. The number of nitrogens with zero attached hydrogens (tertiary/aromatic N) is 4. The van der Waals surface area contributed by atoms with Crippen molar-refractivity contribution in [1.82, 2.24) is 15.0 Å². The van der Waals surface area contributed by atoms with Gasteiger partial charge in [0.25, 0.3) is 5.91 Å². The van der Waals surface area contributed by atoms with Crippen LogP contribution < -0.4 is 4.90 Å². The summed E-state index contributed by atoms with van der Waals surface area (Å²) in [7, 11) is 0. The highest BCUT2D eigenvalue weighted by Crippen LogP contribution is 2.38. The van der Waals surface area contributed by atoms with Gasteiger partial charge in [-0.15, -0.1) is 23.1 Å². The van der Waals surface area contributed by atoms with E-state index in [4.69, 9.17) is 0 Å². The number of rotatable bonds is 2. The van der Waals surface area contributed by atoms with Crippen LogP contribution in [0.4, 0.5) is 5.69 Å². The van der Waals surface area contributed by atoms with Crippen molar-refractivity contribution < 1.29 is 4.79 Å². The number of aromatic nitrogens is 3. The van der Waals surface area contributed by atoms with Crippen molar-refractivity contribution in [2.75, 3.05) is 11.4 Å². The van der Waals surface area contributed by atoms with E-state index >= 15 is 0 Å². The Bertz CT molecular complexity index is 897. The maximum Gasteiger partial charge on any atom is 0.277 e. The molecule has 1 amide bonds. The summed E-state index contributed by atoms with van der Waals surface area (Å²) in [6, 6.07) is 9.83. The fraction of sp³-hybridized carbons (Fsp3) is 0.222. The second-order valence-electron chi connectivity index (χ2n) is 5.75. The summed E-state index contributed by atoms with van der Waals surface area (Å²) >= 11 is 3.21. The first-order valence-corrected chi connectivity index (χ1v) is 9.79. The molecule has 0 spiro atoms. The lowest BCUT2D eigenvalue weighted by atomic mass is 10.2. The minimum absolute atomic E-state index is 0.0689. The van der Waals surface area contributed by atoms with Crippen LogP contribution in [0.2, 0.25) is 0 Å². The van der Waals surface area contributed by atoms with E-state index in [1.807, 2.05) is 34.9 Å². The molecule has 4 rings (SSSR count). The van der Waals surface area contributed by atoms with Gasteiger partial charge >= 0.3 is 0 Å². The lowest BCUT2D eigenvalue weighted by Crippen LogP contribution is -2.32. The lowest BCUT2D eigenvalue weighted by Gasteiger charge is -2.21. The summed E-state index contributed by atoms with van der Waals surface area (Å²) in [6.07, 6.45) is 4.30. The topological polar surface area (TPSA) is 59.0 Å². The van der Waals surface area contributed by atoms with Crippen LogP contribution in [0, 0.1) is 0 Å². The molecule has 0 bridgehead atoms. The number of benzene rings is 1. The van der Waals surface area contributed by atoms with Crippen molar-refractivity contribution in [3.05, 3.63) is 53.8 Å². The van der Waals surface area contributed by atoms with Gasteiger partial charge in [0.05, 0.1) is 5.69 Å². The molecular formula is C18H16N4OS2. The molecule has 3 aromatic rings. The fourth-order valence-electron chi connectivity index (χ4n) is 2.72. The molecule has 2 aromatic heterocycles. The van der Waals surface area contributed by atoms with E-state index in [2.05, 4.69) is 27.9 Å². The van der Waals surface area contributed by atoms with E-state index in [0.717, 1.165) is 17.0 Å². The molecule has 1 atom stereocenters. The molecule has 0 saturated carbocycles. The van der Waals surface area contributed by atoms with E-state index in [1.54, 1.807) is 23.8 Å². The molecule has 0 unspecified atom stereocenters. The molecule has 0 fully saturated rings.